The average Bonchev–Trinajstić information content (AvgIpc) is 2.39. The van der Waals surface area contributed by atoms with Crippen molar-refractivity contribution in [1.29, 1.82) is 0 Å². The van der Waals surface area contributed by atoms with Crippen LogP contribution in [0.5, 0.6) is 0 Å². The molecular weight excluding hydrogens is 342 g/mol. The molecule has 0 spiro atoms. The molecule has 0 saturated heterocycles. The first-order chi connectivity index (χ1) is 8.74. The lowest BCUT2D eigenvalue weighted by Gasteiger charge is -2.05. The third-order valence-corrected chi connectivity index (χ3v) is 3.56. The van der Waals surface area contributed by atoms with Crippen LogP contribution in [0.25, 0.3) is 22.0 Å². The number of aromatic nitrogens is 2. The molecule has 88 valence electrons. The molecule has 1 heterocycles. The first-order valence-electron chi connectivity index (χ1n) is 5.39. The van der Waals surface area contributed by atoms with Gasteiger partial charge in [0.25, 0.3) is 0 Å². The van der Waals surface area contributed by atoms with Crippen molar-refractivity contribution in [3.63, 3.8) is 0 Å². The van der Waals surface area contributed by atoms with Crippen molar-refractivity contribution in [2.24, 2.45) is 0 Å². The Morgan fingerprint density at radius 3 is 2.56 bits per heavy atom. The van der Waals surface area contributed by atoms with Crippen LogP contribution in [0, 0.1) is 9.39 Å². The molecule has 0 saturated carbocycles. The van der Waals surface area contributed by atoms with Gasteiger partial charge in [-0.2, -0.15) is 0 Å². The number of rotatable bonds is 1. The van der Waals surface area contributed by atoms with Crippen molar-refractivity contribution >= 4 is 33.5 Å². The summed E-state index contributed by atoms with van der Waals surface area (Å²) in [6.07, 6.45) is 3.33. The highest BCUT2D eigenvalue weighted by atomic mass is 127. The van der Waals surface area contributed by atoms with Crippen molar-refractivity contribution in [3.8, 4) is 11.1 Å². The van der Waals surface area contributed by atoms with E-state index in [1.165, 1.54) is 12.1 Å². The second kappa shape index (κ2) is 4.61. The van der Waals surface area contributed by atoms with E-state index in [-0.39, 0.29) is 5.82 Å². The van der Waals surface area contributed by atoms with Crippen LogP contribution in [0.1, 0.15) is 0 Å². The van der Waals surface area contributed by atoms with Gasteiger partial charge >= 0.3 is 0 Å². The molecule has 3 rings (SSSR count). The lowest BCUT2D eigenvalue weighted by molar-refractivity contribution is 0.628. The van der Waals surface area contributed by atoms with E-state index < -0.39 is 0 Å². The molecule has 1 aromatic heterocycles. The van der Waals surface area contributed by atoms with Gasteiger partial charge in [-0.25, -0.2) is 14.4 Å². The summed E-state index contributed by atoms with van der Waals surface area (Å²) in [5, 5.41) is 0.990. The second-order valence-electron chi connectivity index (χ2n) is 3.93. The Bertz CT molecular complexity index is 711. The van der Waals surface area contributed by atoms with E-state index in [2.05, 4.69) is 32.6 Å². The highest BCUT2D eigenvalue weighted by Crippen LogP contribution is 2.27. The number of hydrogen-bond donors (Lipinski definition) is 0. The third kappa shape index (κ3) is 2.08. The van der Waals surface area contributed by atoms with Gasteiger partial charge in [-0.3, -0.25) is 0 Å². The fourth-order valence-corrected chi connectivity index (χ4v) is 2.65. The molecule has 2 nitrogen and oxygen atoms in total. The number of fused-ring (bicyclic) bond motifs is 1. The summed E-state index contributed by atoms with van der Waals surface area (Å²) in [4.78, 5) is 8.28. The molecule has 18 heavy (non-hydrogen) atoms. The Balaban J connectivity index is 2.21. The molecule has 0 fully saturated rings. The molecule has 0 atom stereocenters. The summed E-state index contributed by atoms with van der Waals surface area (Å²) in [5.74, 6) is -0.224. The van der Waals surface area contributed by atoms with Crippen LogP contribution in [0.3, 0.4) is 0 Å². The zero-order valence-electron chi connectivity index (χ0n) is 9.27. The molecule has 0 unspecified atom stereocenters. The van der Waals surface area contributed by atoms with E-state index in [0.29, 0.717) is 0 Å². The Morgan fingerprint density at radius 1 is 1.00 bits per heavy atom. The first-order valence-corrected chi connectivity index (χ1v) is 6.47. The smallest absolute Gasteiger partial charge is 0.123 e. The predicted molar refractivity (Wildman–Crippen MR) is 77.6 cm³/mol. The maximum atomic E-state index is 12.9. The molecule has 3 aromatic rings. The van der Waals surface area contributed by atoms with E-state index >= 15 is 0 Å². The van der Waals surface area contributed by atoms with Crippen LogP contribution in [0.4, 0.5) is 4.39 Å². The fourth-order valence-electron chi connectivity index (χ4n) is 1.87. The summed E-state index contributed by atoms with van der Waals surface area (Å²) in [6.45, 7) is 0. The third-order valence-electron chi connectivity index (χ3n) is 2.74. The molecule has 0 bridgehead atoms. The quantitative estimate of drug-likeness (QED) is 0.619. The van der Waals surface area contributed by atoms with Crippen molar-refractivity contribution in [2.45, 2.75) is 0 Å². The summed E-state index contributed by atoms with van der Waals surface area (Å²) < 4.78 is 14.0. The lowest BCUT2D eigenvalue weighted by atomic mass is 10.0. The topological polar surface area (TPSA) is 25.8 Å². The maximum absolute atomic E-state index is 12.9. The molecule has 0 aliphatic heterocycles. The van der Waals surface area contributed by atoms with Crippen molar-refractivity contribution in [1.82, 2.24) is 9.97 Å². The van der Waals surface area contributed by atoms with Crippen LogP contribution < -0.4 is 0 Å². The Hall–Kier alpha value is -1.56. The van der Waals surface area contributed by atoms with E-state index in [0.717, 1.165) is 25.6 Å². The number of halogens is 2. The minimum absolute atomic E-state index is 0.224. The molecule has 2 aromatic carbocycles. The standard InChI is InChI=1S/C14H8FIN2/c15-12-3-1-9(2-4-12)10-5-11-7-17-8-18-14(11)13(16)6-10/h1-8H. The van der Waals surface area contributed by atoms with Gasteiger partial charge in [0, 0.05) is 15.2 Å². The molecule has 0 aliphatic carbocycles. The molecule has 0 radical (unpaired) electrons. The molecular formula is C14H8FIN2. The van der Waals surface area contributed by atoms with E-state index in [9.17, 15) is 4.39 Å². The summed E-state index contributed by atoms with van der Waals surface area (Å²) >= 11 is 2.25. The Kier molecular flexibility index (Phi) is 2.95. The number of nitrogens with zero attached hydrogens (tertiary/aromatic N) is 2. The highest BCUT2D eigenvalue weighted by molar-refractivity contribution is 14.1. The Morgan fingerprint density at radius 2 is 1.78 bits per heavy atom. The minimum atomic E-state index is -0.224. The van der Waals surface area contributed by atoms with Crippen LogP contribution >= 0.6 is 22.6 Å². The molecule has 0 N–H and O–H groups in total. The summed E-state index contributed by atoms with van der Waals surface area (Å²) in [6, 6.07) is 10.5. The second-order valence-corrected chi connectivity index (χ2v) is 5.09. The molecule has 4 heteroatoms. The number of benzene rings is 2. The lowest BCUT2D eigenvalue weighted by Crippen LogP contribution is -1.87. The van der Waals surface area contributed by atoms with Gasteiger partial charge in [0.1, 0.15) is 12.1 Å². The zero-order valence-corrected chi connectivity index (χ0v) is 11.4. The van der Waals surface area contributed by atoms with Crippen molar-refractivity contribution in [2.75, 3.05) is 0 Å². The molecule has 0 aliphatic rings. The van der Waals surface area contributed by atoms with Gasteiger partial charge in [0.05, 0.1) is 5.52 Å². The van der Waals surface area contributed by atoms with Gasteiger partial charge in [-0.05, 0) is 58.0 Å². The minimum Gasteiger partial charge on any atom is -0.244 e. The van der Waals surface area contributed by atoms with Gasteiger partial charge in [-0.1, -0.05) is 12.1 Å². The average molecular weight is 350 g/mol. The zero-order chi connectivity index (χ0) is 12.5. The fraction of sp³-hybridized carbons (Fsp3) is 0. The van der Waals surface area contributed by atoms with E-state index in [4.69, 9.17) is 0 Å². The number of hydrogen-bond acceptors (Lipinski definition) is 2. The van der Waals surface area contributed by atoms with Gasteiger partial charge in [-0.15, -0.1) is 0 Å². The normalized spacial score (nSPS) is 10.8. The van der Waals surface area contributed by atoms with Crippen molar-refractivity contribution in [3.05, 3.63) is 58.3 Å². The largest absolute Gasteiger partial charge is 0.244 e. The monoisotopic (exact) mass is 350 g/mol. The van der Waals surface area contributed by atoms with E-state index in [1.807, 2.05) is 12.1 Å². The van der Waals surface area contributed by atoms with Gasteiger partial charge < -0.3 is 0 Å². The van der Waals surface area contributed by atoms with Crippen molar-refractivity contribution < 1.29 is 4.39 Å². The Labute approximate surface area is 117 Å². The van der Waals surface area contributed by atoms with Crippen LogP contribution in [0.2, 0.25) is 0 Å². The van der Waals surface area contributed by atoms with Crippen LogP contribution in [0.15, 0.2) is 48.9 Å². The van der Waals surface area contributed by atoms with Gasteiger partial charge in [0.15, 0.2) is 0 Å². The maximum Gasteiger partial charge on any atom is 0.123 e. The van der Waals surface area contributed by atoms with Crippen LogP contribution in [-0.2, 0) is 0 Å². The van der Waals surface area contributed by atoms with Gasteiger partial charge in [0.2, 0.25) is 0 Å². The predicted octanol–water partition coefficient (Wildman–Crippen LogP) is 4.04. The highest BCUT2D eigenvalue weighted by Gasteiger charge is 2.05. The molecule has 0 amide bonds. The van der Waals surface area contributed by atoms with E-state index in [1.54, 1.807) is 24.7 Å². The summed E-state index contributed by atoms with van der Waals surface area (Å²) in [5.41, 5.74) is 2.97. The first kappa shape index (κ1) is 11.5. The van der Waals surface area contributed by atoms with Crippen LogP contribution in [-0.4, -0.2) is 9.97 Å². The summed E-state index contributed by atoms with van der Waals surface area (Å²) in [7, 11) is 0. The SMILES string of the molecule is Fc1ccc(-c2cc(I)c3ncncc3c2)cc1.